The third kappa shape index (κ3) is 3.88. The fourth-order valence-electron chi connectivity index (χ4n) is 1.47. The molecule has 17 heavy (non-hydrogen) atoms. The summed E-state index contributed by atoms with van der Waals surface area (Å²) in [7, 11) is -3.06. The van der Waals surface area contributed by atoms with Crippen molar-refractivity contribution in [3.63, 3.8) is 0 Å². The summed E-state index contributed by atoms with van der Waals surface area (Å²) < 4.78 is 22.3. The summed E-state index contributed by atoms with van der Waals surface area (Å²) in [5.74, 6) is -1.19. The Morgan fingerprint density at radius 3 is 2.35 bits per heavy atom. The van der Waals surface area contributed by atoms with Gasteiger partial charge in [0.25, 0.3) is 0 Å². The topological polar surface area (TPSA) is 113 Å². The summed E-state index contributed by atoms with van der Waals surface area (Å²) in [6.07, 6.45) is 0.364. The van der Waals surface area contributed by atoms with Crippen LogP contribution in [0, 0.1) is 0 Å². The van der Waals surface area contributed by atoms with E-state index in [2.05, 4.69) is 10.6 Å². The van der Waals surface area contributed by atoms with Gasteiger partial charge in [-0.2, -0.15) is 0 Å². The molecule has 1 atom stereocenters. The molecule has 0 bridgehead atoms. The molecule has 1 rings (SSSR count). The highest BCUT2D eigenvalue weighted by molar-refractivity contribution is 7.91. The smallest absolute Gasteiger partial charge is 0.328 e. The molecule has 0 radical (unpaired) electrons. The van der Waals surface area contributed by atoms with E-state index in [0.29, 0.717) is 6.42 Å². The normalized spacial score (nSPS) is 23.1. The lowest BCUT2D eigenvalue weighted by atomic mass is 10.1. The summed E-state index contributed by atoms with van der Waals surface area (Å²) >= 11 is 0. The lowest BCUT2D eigenvalue weighted by molar-refractivity contribution is -0.142. The number of hydrogen-bond donors (Lipinski definition) is 3. The van der Waals surface area contributed by atoms with Gasteiger partial charge in [-0.3, -0.25) is 0 Å². The molecule has 0 saturated carbocycles. The highest BCUT2D eigenvalue weighted by Crippen LogP contribution is 2.11. The van der Waals surface area contributed by atoms with Crippen molar-refractivity contribution in [3.8, 4) is 0 Å². The van der Waals surface area contributed by atoms with Crippen LogP contribution in [0.15, 0.2) is 0 Å². The van der Waals surface area contributed by atoms with Gasteiger partial charge in [-0.1, -0.05) is 0 Å². The molecule has 1 fully saturated rings. The molecule has 0 spiro atoms. The van der Waals surface area contributed by atoms with Crippen LogP contribution in [0.4, 0.5) is 4.79 Å². The van der Waals surface area contributed by atoms with Gasteiger partial charge in [0.1, 0.15) is 5.54 Å². The predicted molar refractivity (Wildman–Crippen MR) is 60.4 cm³/mol. The van der Waals surface area contributed by atoms with E-state index in [4.69, 9.17) is 5.11 Å². The predicted octanol–water partition coefficient (Wildman–Crippen LogP) is -0.664. The fraction of sp³-hybridized carbons (Fsp3) is 0.778. The zero-order chi connectivity index (χ0) is 13.3. The van der Waals surface area contributed by atoms with E-state index in [1.165, 1.54) is 13.8 Å². The quantitative estimate of drug-likeness (QED) is 0.626. The maximum absolute atomic E-state index is 11.4. The number of sulfone groups is 1. The molecule has 1 saturated heterocycles. The first-order valence-electron chi connectivity index (χ1n) is 5.15. The first-order chi connectivity index (χ1) is 7.62. The van der Waals surface area contributed by atoms with Crippen LogP contribution < -0.4 is 10.6 Å². The second-order valence-electron chi connectivity index (χ2n) is 4.63. The number of carbonyl (C=O) groups excluding carboxylic acids is 1. The van der Waals surface area contributed by atoms with Crippen molar-refractivity contribution >= 4 is 21.8 Å². The Hall–Kier alpha value is -1.31. The lowest BCUT2D eigenvalue weighted by Crippen LogP contribution is -2.55. The molecule has 3 N–H and O–H groups in total. The molecule has 1 unspecified atom stereocenters. The Kier molecular flexibility index (Phi) is 3.65. The van der Waals surface area contributed by atoms with E-state index in [1.54, 1.807) is 0 Å². The highest BCUT2D eigenvalue weighted by atomic mass is 32.2. The molecule has 1 heterocycles. The summed E-state index contributed by atoms with van der Waals surface area (Å²) in [4.78, 5) is 22.2. The zero-order valence-corrected chi connectivity index (χ0v) is 10.5. The third-order valence-corrected chi connectivity index (χ3v) is 4.30. The third-order valence-electron chi connectivity index (χ3n) is 2.53. The molecular formula is C9H16N2O5S. The van der Waals surface area contributed by atoms with E-state index in [-0.39, 0.29) is 11.5 Å². The first-order valence-corrected chi connectivity index (χ1v) is 6.97. The van der Waals surface area contributed by atoms with Crippen LogP contribution in [0.2, 0.25) is 0 Å². The molecular weight excluding hydrogens is 248 g/mol. The van der Waals surface area contributed by atoms with Crippen molar-refractivity contribution in [3.05, 3.63) is 0 Å². The van der Waals surface area contributed by atoms with Crippen LogP contribution in [0.5, 0.6) is 0 Å². The number of nitrogens with one attached hydrogen (secondary N) is 2. The van der Waals surface area contributed by atoms with Gasteiger partial charge >= 0.3 is 12.0 Å². The number of hydrogen-bond acceptors (Lipinski definition) is 4. The van der Waals surface area contributed by atoms with Gasteiger partial charge in [0.15, 0.2) is 9.84 Å². The Morgan fingerprint density at radius 1 is 1.35 bits per heavy atom. The first kappa shape index (κ1) is 13.8. The van der Waals surface area contributed by atoms with Crippen molar-refractivity contribution in [1.29, 1.82) is 0 Å². The van der Waals surface area contributed by atoms with Crippen molar-refractivity contribution in [2.24, 2.45) is 0 Å². The molecule has 0 aromatic heterocycles. The van der Waals surface area contributed by atoms with Crippen molar-refractivity contribution in [2.75, 3.05) is 11.5 Å². The average Bonchev–Trinajstić information content (AvgIpc) is 2.43. The van der Waals surface area contributed by atoms with E-state index < -0.39 is 33.4 Å². The molecule has 2 amide bonds. The fourth-order valence-corrected chi connectivity index (χ4v) is 3.14. The molecule has 8 heteroatoms. The molecule has 1 aliphatic rings. The summed E-state index contributed by atoms with van der Waals surface area (Å²) in [5.41, 5.74) is -1.39. The van der Waals surface area contributed by atoms with E-state index in [0.717, 1.165) is 0 Å². The van der Waals surface area contributed by atoms with Crippen LogP contribution in [0.3, 0.4) is 0 Å². The Labute approximate surface area is 99.5 Å². The van der Waals surface area contributed by atoms with Crippen LogP contribution in [0.25, 0.3) is 0 Å². The molecule has 7 nitrogen and oxygen atoms in total. The lowest BCUT2D eigenvalue weighted by Gasteiger charge is -2.22. The molecule has 98 valence electrons. The SMILES string of the molecule is CC(C)(NC(=O)NC1CCS(=O)(=O)C1)C(=O)O. The Bertz CT molecular complexity index is 429. The van der Waals surface area contributed by atoms with E-state index >= 15 is 0 Å². The van der Waals surface area contributed by atoms with Crippen LogP contribution >= 0.6 is 0 Å². The maximum Gasteiger partial charge on any atom is 0.328 e. The Balaban J connectivity index is 2.49. The minimum absolute atomic E-state index is 0.0558. The van der Waals surface area contributed by atoms with Crippen molar-refractivity contribution < 1.29 is 23.1 Å². The van der Waals surface area contributed by atoms with Gasteiger partial charge in [-0.25, -0.2) is 18.0 Å². The zero-order valence-electron chi connectivity index (χ0n) is 9.69. The number of aliphatic carboxylic acids is 1. The summed E-state index contributed by atoms with van der Waals surface area (Å²) in [6, 6.07) is -1.11. The molecule has 0 aromatic rings. The second kappa shape index (κ2) is 4.52. The van der Waals surface area contributed by atoms with Crippen LogP contribution in [-0.2, 0) is 14.6 Å². The van der Waals surface area contributed by atoms with Gasteiger partial charge in [0, 0.05) is 6.04 Å². The number of urea groups is 1. The minimum atomic E-state index is -3.06. The van der Waals surface area contributed by atoms with Crippen molar-refractivity contribution in [2.45, 2.75) is 31.8 Å². The molecule has 0 aliphatic carbocycles. The number of carbonyl (C=O) groups is 2. The van der Waals surface area contributed by atoms with Crippen LogP contribution in [-0.4, -0.2) is 48.6 Å². The summed E-state index contributed by atoms with van der Waals surface area (Å²) in [6.45, 7) is 2.70. The van der Waals surface area contributed by atoms with Crippen LogP contribution in [0.1, 0.15) is 20.3 Å². The molecule has 0 aromatic carbocycles. The Morgan fingerprint density at radius 2 is 1.94 bits per heavy atom. The second-order valence-corrected chi connectivity index (χ2v) is 6.86. The number of carboxylic acid groups (broad SMARTS) is 1. The van der Waals surface area contributed by atoms with Crippen molar-refractivity contribution in [1.82, 2.24) is 10.6 Å². The van der Waals surface area contributed by atoms with Gasteiger partial charge in [0.05, 0.1) is 11.5 Å². The standard InChI is InChI=1S/C9H16N2O5S/c1-9(2,7(12)13)11-8(14)10-6-3-4-17(15,16)5-6/h6H,3-5H2,1-2H3,(H,12,13)(H2,10,11,14). The van der Waals surface area contributed by atoms with Gasteiger partial charge in [-0.15, -0.1) is 0 Å². The van der Waals surface area contributed by atoms with Gasteiger partial charge in [0.2, 0.25) is 0 Å². The van der Waals surface area contributed by atoms with Gasteiger partial charge < -0.3 is 15.7 Å². The van der Waals surface area contributed by atoms with E-state index in [9.17, 15) is 18.0 Å². The summed E-state index contributed by atoms with van der Waals surface area (Å²) in [5, 5.41) is 13.5. The minimum Gasteiger partial charge on any atom is -0.480 e. The van der Waals surface area contributed by atoms with E-state index in [1.807, 2.05) is 0 Å². The van der Waals surface area contributed by atoms with Gasteiger partial charge in [-0.05, 0) is 20.3 Å². The molecule has 1 aliphatic heterocycles. The number of amides is 2. The average molecular weight is 264 g/mol. The maximum atomic E-state index is 11.4. The largest absolute Gasteiger partial charge is 0.480 e. The number of carboxylic acids is 1. The number of rotatable bonds is 3. The monoisotopic (exact) mass is 264 g/mol. The highest BCUT2D eigenvalue weighted by Gasteiger charge is 2.32.